The van der Waals surface area contributed by atoms with Crippen molar-refractivity contribution in [1.82, 2.24) is 14.9 Å². The summed E-state index contributed by atoms with van der Waals surface area (Å²) in [5, 5.41) is 14.8. The van der Waals surface area contributed by atoms with E-state index in [0.717, 1.165) is 24.9 Å². The van der Waals surface area contributed by atoms with Crippen LogP contribution in [0.4, 0.5) is 4.79 Å². The number of carbonyl (C=O) groups is 1. The number of hydrogen-bond donors (Lipinski definition) is 3. The summed E-state index contributed by atoms with van der Waals surface area (Å²) < 4.78 is 52.1. The van der Waals surface area contributed by atoms with Crippen molar-refractivity contribution in [3.05, 3.63) is 60.2 Å². The van der Waals surface area contributed by atoms with E-state index in [-0.39, 0.29) is 35.5 Å². The summed E-state index contributed by atoms with van der Waals surface area (Å²) >= 11 is 0. The van der Waals surface area contributed by atoms with Gasteiger partial charge in [0.1, 0.15) is 11.9 Å². The zero-order valence-electron chi connectivity index (χ0n) is 26.3. The van der Waals surface area contributed by atoms with Crippen LogP contribution in [0.3, 0.4) is 0 Å². The molecule has 4 rings (SSSR count). The minimum atomic E-state index is -4.05. The molecule has 0 aliphatic carbocycles. The summed E-state index contributed by atoms with van der Waals surface area (Å²) in [4.78, 5) is 15.4. The summed E-state index contributed by atoms with van der Waals surface area (Å²) in [5.41, 5.74) is 0.517. The average molecular weight is 634 g/mol. The van der Waals surface area contributed by atoms with Crippen molar-refractivity contribution in [2.45, 2.75) is 75.0 Å². The number of alkyl carbamates (subject to hydrolysis) is 1. The van der Waals surface area contributed by atoms with Crippen molar-refractivity contribution in [1.29, 1.82) is 0 Å². The first kappa shape index (κ1) is 34.1. The highest BCUT2D eigenvalue weighted by molar-refractivity contribution is 7.89. The number of methoxy groups -OCH3 is 1. The molecule has 0 spiro atoms. The fourth-order valence-electron chi connectivity index (χ4n) is 5.75. The highest BCUT2D eigenvalue weighted by atomic mass is 32.2. The molecule has 2 heterocycles. The van der Waals surface area contributed by atoms with Crippen LogP contribution in [0, 0.1) is 11.3 Å². The molecule has 1 amide bonds. The van der Waals surface area contributed by atoms with Gasteiger partial charge in [-0.25, -0.2) is 17.9 Å². The van der Waals surface area contributed by atoms with Crippen molar-refractivity contribution in [3.8, 4) is 5.75 Å². The minimum absolute atomic E-state index is 0.0419. The van der Waals surface area contributed by atoms with Crippen molar-refractivity contribution in [2.24, 2.45) is 11.3 Å². The Morgan fingerprint density at radius 1 is 1.09 bits per heavy atom. The molecule has 4 unspecified atom stereocenters. The molecule has 11 nitrogen and oxygen atoms in total. The number of nitrogens with one attached hydrogen (secondary N) is 2. The lowest BCUT2D eigenvalue weighted by atomic mass is 9.80. The van der Waals surface area contributed by atoms with Gasteiger partial charge in [0, 0.05) is 0 Å². The van der Waals surface area contributed by atoms with Gasteiger partial charge in [-0.2, -0.15) is 0 Å². The zero-order valence-corrected chi connectivity index (χ0v) is 27.1. The Bertz CT molecular complexity index is 1310. The topological polar surface area (TPSA) is 136 Å². The summed E-state index contributed by atoms with van der Waals surface area (Å²) in [6, 6.07) is 13.7. The van der Waals surface area contributed by atoms with E-state index in [0.29, 0.717) is 18.8 Å². The van der Waals surface area contributed by atoms with Gasteiger partial charge in [-0.1, -0.05) is 44.2 Å². The normalized spacial score (nSPS) is 22.3. The van der Waals surface area contributed by atoms with Crippen LogP contribution in [0.5, 0.6) is 5.75 Å². The smallest absolute Gasteiger partial charge is 0.407 e. The molecule has 244 valence electrons. The first-order chi connectivity index (χ1) is 20.9. The van der Waals surface area contributed by atoms with E-state index >= 15 is 0 Å². The van der Waals surface area contributed by atoms with Crippen LogP contribution < -0.4 is 14.8 Å². The Kier molecular flexibility index (Phi) is 11.7. The maximum atomic E-state index is 13.6. The molecule has 0 radical (unpaired) electrons. The third-order valence-corrected chi connectivity index (χ3v) is 9.86. The molecular formula is C32H47N3O8S. The molecule has 6 atom stereocenters. The number of ether oxygens (including phenoxy) is 4. The Labute approximate surface area is 261 Å². The highest BCUT2D eigenvalue weighted by Crippen LogP contribution is 2.33. The second kappa shape index (κ2) is 15.0. The maximum Gasteiger partial charge on any atom is 0.407 e. The number of nitrogens with zero attached hydrogens (tertiary/aromatic N) is 1. The fraction of sp³-hybridized carbons (Fsp3) is 0.594. The van der Waals surface area contributed by atoms with Crippen LogP contribution >= 0.6 is 0 Å². The molecule has 2 aliphatic rings. The first-order valence-electron chi connectivity index (χ1n) is 15.1. The number of sulfonamides is 1. The number of fused-ring (bicyclic) bond motifs is 1. The Balaban J connectivity index is 1.59. The van der Waals surface area contributed by atoms with Crippen LogP contribution in [0.2, 0.25) is 0 Å². The van der Waals surface area contributed by atoms with Gasteiger partial charge in [0.15, 0.2) is 6.29 Å². The molecule has 12 heteroatoms. The van der Waals surface area contributed by atoms with E-state index in [9.17, 15) is 18.3 Å². The largest absolute Gasteiger partial charge is 0.497 e. The predicted octanol–water partition coefficient (Wildman–Crippen LogP) is 3.17. The second-order valence-electron chi connectivity index (χ2n) is 12.7. The van der Waals surface area contributed by atoms with E-state index in [1.807, 2.05) is 58.3 Å². The number of hydrogen-bond acceptors (Lipinski definition) is 9. The standard InChI is InChI=1S/C32H47N3O8S/c1-32(2,16-17-35(3)4)20-27(34-44(38,39)24-13-11-23(40-5)12-14-24)29(36)26(19-22-9-7-6-8-10-22)33-31(37)43-28-21-42-30-25(28)15-18-41-30/h6-14,25-30,34,36H,15-21H2,1-5H3,(H,33,37)/t25?,26-,27?,28?,29+,30?/m0/s1. The van der Waals surface area contributed by atoms with E-state index in [4.69, 9.17) is 18.9 Å². The molecule has 0 saturated carbocycles. The molecule has 2 saturated heterocycles. The van der Waals surface area contributed by atoms with E-state index in [2.05, 4.69) is 14.9 Å². The SMILES string of the molecule is COc1ccc(S(=O)(=O)NC(CC(C)(C)CCN(C)C)[C@H](O)[C@H](Cc2ccccc2)NC(=O)OC2COC3OCCC23)cc1. The Morgan fingerprint density at radius 2 is 1.80 bits per heavy atom. The predicted molar refractivity (Wildman–Crippen MR) is 166 cm³/mol. The van der Waals surface area contributed by atoms with Gasteiger partial charge in [-0.3, -0.25) is 0 Å². The van der Waals surface area contributed by atoms with E-state index in [1.165, 1.54) is 19.2 Å². The van der Waals surface area contributed by atoms with Crippen molar-refractivity contribution >= 4 is 16.1 Å². The lowest BCUT2D eigenvalue weighted by molar-refractivity contribution is -0.0907. The maximum absolute atomic E-state index is 13.6. The first-order valence-corrected chi connectivity index (χ1v) is 16.6. The van der Waals surface area contributed by atoms with E-state index in [1.54, 1.807) is 12.1 Å². The number of benzene rings is 2. The van der Waals surface area contributed by atoms with Crippen LogP contribution in [0.15, 0.2) is 59.5 Å². The van der Waals surface area contributed by atoms with E-state index < -0.39 is 40.4 Å². The fourth-order valence-corrected chi connectivity index (χ4v) is 7.01. The Morgan fingerprint density at radius 3 is 2.45 bits per heavy atom. The molecule has 0 aromatic heterocycles. The zero-order chi connectivity index (χ0) is 31.9. The monoisotopic (exact) mass is 633 g/mol. The van der Waals surface area contributed by atoms with Crippen molar-refractivity contribution in [2.75, 3.05) is 41.0 Å². The van der Waals surface area contributed by atoms with Gasteiger partial charge in [0.2, 0.25) is 10.0 Å². The molecule has 2 aromatic carbocycles. The van der Waals surface area contributed by atoms with Gasteiger partial charge >= 0.3 is 6.09 Å². The summed E-state index contributed by atoms with van der Waals surface area (Å²) in [5.74, 6) is 0.485. The van der Waals surface area contributed by atoms with Crippen molar-refractivity contribution in [3.63, 3.8) is 0 Å². The van der Waals surface area contributed by atoms with Crippen LogP contribution in [0.1, 0.15) is 38.7 Å². The number of rotatable bonds is 15. The molecule has 2 fully saturated rings. The molecule has 2 aromatic rings. The van der Waals surface area contributed by atoms with Crippen LogP contribution in [-0.2, 0) is 30.7 Å². The average Bonchev–Trinajstić information content (AvgIpc) is 3.61. The van der Waals surface area contributed by atoms with Gasteiger partial charge in [-0.15, -0.1) is 0 Å². The van der Waals surface area contributed by atoms with Gasteiger partial charge in [-0.05, 0) is 81.6 Å². The molecule has 44 heavy (non-hydrogen) atoms. The number of amides is 1. The third-order valence-electron chi connectivity index (χ3n) is 8.35. The number of carbonyl (C=O) groups excluding carboxylic acids is 1. The van der Waals surface area contributed by atoms with Crippen molar-refractivity contribution < 1.29 is 37.3 Å². The number of aliphatic hydroxyl groups is 1. The van der Waals surface area contributed by atoms with Gasteiger partial charge < -0.3 is 34.3 Å². The van der Waals surface area contributed by atoms with Gasteiger partial charge in [0.05, 0.1) is 49.3 Å². The molecule has 2 aliphatic heterocycles. The van der Waals surface area contributed by atoms with Gasteiger partial charge in [0.25, 0.3) is 0 Å². The minimum Gasteiger partial charge on any atom is -0.497 e. The Hall–Kier alpha value is -2.74. The number of aliphatic hydroxyl groups excluding tert-OH is 1. The van der Waals surface area contributed by atoms with Crippen LogP contribution in [-0.4, -0.2) is 96.1 Å². The highest BCUT2D eigenvalue weighted by Gasteiger charge is 2.44. The van der Waals surface area contributed by atoms with Crippen LogP contribution in [0.25, 0.3) is 0 Å². The summed E-state index contributed by atoms with van der Waals surface area (Å²) in [6.45, 7) is 5.66. The lowest BCUT2D eigenvalue weighted by Gasteiger charge is -2.36. The third kappa shape index (κ3) is 9.38. The summed E-state index contributed by atoms with van der Waals surface area (Å²) in [6.07, 6.45) is -0.768. The summed E-state index contributed by atoms with van der Waals surface area (Å²) in [7, 11) is 1.42. The quantitative estimate of drug-likeness (QED) is 0.270. The molecular weight excluding hydrogens is 586 g/mol. The molecule has 0 bridgehead atoms. The molecule has 3 N–H and O–H groups in total. The second-order valence-corrected chi connectivity index (χ2v) is 14.4. The lowest BCUT2D eigenvalue weighted by Crippen LogP contribution is -2.56.